The van der Waals surface area contributed by atoms with Gasteiger partial charge in [-0.2, -0.15) is 4.68 Å². The number of benzene rings is 3. The lowest BCUT2D eigenvalue weighted by Crippen LogP contribution is -2.28. The molecule has 12 nitrogen and oxygen atoms in total. The molecule has 2 atom stereocenters. The molecule has 0 saturated heterocycles. The second-order valence-electron chi connectivity index (χ2n) is 11.9. The summed E-state index contributed by atoms with van der Waals surface area (Å²) in [6, 6.07) is 21.4. The number of amides is 2. The van der Waals surface area contributed by atoms with Crippen molar-refractivity contribution in [2.45, 2.75) is 57.0 Å². The second kappa shape index (κ2) is 16.1. The summed E-state index contributed by atoms with van der Waals surface area (Å²) in [5.41, 5.74) is 5.90. The van der Waals surface area contributed by atoms with Crippen molar-refractivity contribution >= 4 is 41.1 Å². The Labute approximate surface area is 289 Å². The van der Waals surface area contributed by atoms with E-state index < -0.39 is 6.09 Å². The maximum atomic E-state index is 13.3. The lowest BCUT2D eigenvalue weighted by atomic mass is 9.97. The summed E-state index contributed by atoms with van der Waals surface area (Å²) in [4.78, 5) is 33.5. The van der Waals surface area contributed by atoms with Gasteiger partial charge in [-0.3, -0.25) is 10.1 Å². The van der Waals surface area contributed by atoms with Crippen LogP contribution in [0.15, 0.2) is 85.3 Å². The van der Waals surface area contributed by atoms with Crippen LogP contribution in [0.5, 0.6) is 0 Å². The molecule has 2 bridgehead atoms. The summed E-state index contributed by atoms with van der Waals surface area (Å²) in [6.07, 6.45) is 12.4. The highest BCUT2D eigenvalue weighted by Gasteiger charge is 2.21. The third-order valence-corrected chi connectivity index (χ3v) is 8.73. The van der Waals surface area contributed by atoms with Gasteiger partial charge in [0.1, 0.15) is 12.2 Å². The number of nitrogens with one attached hydrogen (secondary N) is 4. The quantitative estimate of drug-likeness (QED) is 0.120. The Balaban J connectivity index is 1.23. The zero-order valence-corrected chi connectivity index (χ0v) is 27.9. The molecular weight excluding hydrogens is 642 g/mol. The van der Waals surface area contributed by atoms with Crippen molar-refractivity contribution in [1.82, 2.24) is 35.5 Å². The molecule has 0 radical (unpaired) electrons. The molecule has 252 valence electrons. The Morgan fingerprint density at radius 3 is 2.76 bits per heavy atom. The SMILES string of the molecule is COC(=O)Nc1ccc2c(c1)NC(CCCc1ccccc1)CCCC[C@H](NC(=O)/C=C/c1cc(Cl)ccc1-n1cnnn1)c1ncc-2[nH]1. The van der Waals surface area contributed by atoms with Crippen LogP contribution in [0.1, 0.15) is 61.5 Å². The van der Waals surface area contributed by atoms with E-state index in [1.807, 2.05) is 24.3 Å². The average Bonchev–Trinajstić information content (AvgIpc) is 3.82. The van der Waals surface area contributed by atoms with Gasteiger partial charge >= 0.3 is 6.09 Å². The first-order valence-electron chi connectivity index (χ1n) is 16.3. The summed E-state index contributed by atoms with van der Waals surface area (Å²) in [5, 5.41) is 21.6. The molecule has 13 heteroatoms. The number of aromatic amines is 1. The largest absolute Gasteiger partial charge is 0.453 e. The summed E-state index contributed by atoms with van der Waals surface area (Å²) in [6.45, 7) is 0. The third kappa shape index (κ3) is 8.90. The first-order chi connectivity index (χ1) is 23.9. The fourth-order valence-corrected chi connectivity index (χ4v) is 6.22. The predicted octanol–water partition coefficient (Wildman–Crippen LogP) is 7.13. The van der Waals surface area contributed by atoms with Gasteiger partial charge in [0.15, 0.2) is 0 Å². The van der Waals surface area contributed by atoms with Crippen molar-refractivity contribution in [3.05, 3.63) is 107 Å². The summed E-state index contributed by atoms with van der Waals surface area (Å²) >= 11 is 6.26. The first kappa shape index (κ1) is 33.4. The van der Waals surface area contributed by atoms with Crippen molar-refractivity contribution in [2.24, 2.45) is 0 Å². The van der Waals surface area contributed by atoms with Crippen molar-refractivity contribution in [1.29, 1.82) is 0 Å². The number of hydrogen-bond acceptors (Lipinski definition) is 8. The number of nitrogens with zero attached hydrogens (tertiary/aromatic N) is 5. The number of ether oxygens (including phenoxy) is 1. The number of aromatic nitrogens is 6. The van der Waals surface area contributed by atoms with E-state index in [9.17, 15) is 9.59 Å². The van der Waals surface area contributed by atoms with Crippen LogP contribution in [0.2, 0.25) is 5.02 Å². The van der Waals surface area contributed by atoms with Crippen molar-refractivity contribution in [2.75, 3.05) is 17.7 Å². The molecule has 1 unspecified atom stereocenters. The second-order valence-corrected chi connectivity index (χ2v) is 12.4. The normalized spacial score (nSPS) is 16.1. The lowest BCUT2D eigenvalue weighted by molar-refractivity contribution is -0.117. The molecular formula is C36H38ClN9O3. The van der Waals surface area contributed by atoms with Crippen LogP contribution in [0, 0.1) is 0 Å². The summed E-state index contributed by atoms with van der Waals surface area (Å²) in [7, 11) is 1.34. The Morgan fingerprint density at radius 2 is 1.94 bits per heavy atom. The van der Waals surface area contributed by atoms with Gasteiger partial charge in [-0.25, -0.2) is 9.78 Å². The number of aryl methyl sites for hydroxylation is 1. The van der Waals surface area contributed by atoms with Gasteiger partial charge in [0, 0.05) is 39.6 Å². The van der Waals surface area contributed by atoms with Gasteiger partial charge in [-0.15, -0.1) is 5.10 Å². The number of carbonyl (C=O) groups is 2. The number of halogens is 1. The van der Waals surface area contributed by atoms with E-state index in [1.54, 1.807) is 30.5 Å². The number of imidazole rings is 1. The Kier molecular flexibility index (Phi) is 11.0. The minimum absolute atomic E-state index is 0.195. The molecule has 2 aromatic heterocycles. The van der Waals surface area contributed by atoms with E-state index in [-0.39, 0.29) is 18.0 Å². The van der Waals surface area contributed by atoms with E-state index >= 15 is 0 Å². The topological polar surface area (TPSA) is 152 Å². The van der Waals surface area contributed by atoms with Gasteiger partial charge in [0.25, 0.3) is 0 Å². The highest BCUT2D eigenvalue weighted by atomic mass is 35.5. The van der Waals surface area contributed by atoms with Crippen LogP contribution in [0.25, 0.3) is 23.0 Å². The highest BCUT2D eigenvalue weighted by Crippen LogP contribution is 2.33. The Bertz CT molecular complexity index is 1890. The molecule has 1 aliphatic heterocycles. The minimum atomic E-state index is -0.536. The molecule has 4 N–H and O–H groups in total. The molecule has 6 rings (SSSR count). The molecule has 3 heterocycles. The van der Waals surface area contributed by atoms with Crippen molar-refractivity contribution < 1.29 is 14.3 Å². The maximum absolute atomic E-state index is 13.3. The molecule has 0 saturated carbocycles. The minimum Gasteiger partial charge on any atom is -0.453 e. The smallest absolute Gasteiger partial charge is 0.411 e. The standard InChI is InChI=1S/C36H38ClN9O3/c1-49-36(48)41-28-16-17-29-31(21-28)40-27(12-7-10-24-8-3-2-4-9-24)11-5-6-13-30(35-38-22-32(29)43-35)42-34(47)19-14-25-20-26(37)15-18-33(25)46-23-39-44-45-46/h2-4,8-9,14-23,27,30,40H,5-7,10-13H2,1H3,(H,38,43)(H,41,48)(H,42,47)/b19-14+/t27?,30-/m0/s1. The van der Waals surface area contributed by atoms with Crippen LogP contribution in [-0.4, -0.2) is 55.3 Å². The van der Waals surface area contributed by atoms with Crippen LogP contribution >= 0.6 is 11.6 Å². The molecule has 3 aromatic carbocycles. The van der Waals surface area contributed by atoms with Crippen LogP contribution in [-0.2, 0) is 16.0 Å². The summed E-state index contributed by atoms with van der Waals surface area (Å²) < 4.78 is 6.34. The van der Waals surface area contributed by atoms with Gasteiger partial charge in [0.05, 0.1) is 30.7 Å². The molecule has 0 fully saturated rings. The monoisotopic (exact) mass is 679 g/mol. The predicted molar refractivity (Wildman–Crippen MR) is 189 cm³/mol. The van der Waals surface area contributed by atoms with E-state index in [2.05, 4.69) is 60.7 Å². The number of fused-ring (bicyclic) bond motifs is 4. The Morgan fingerprint density at radius 1 is 1.08 bits per heavy atom. The fraction of sp³-hybridized carbons (Fsp3) is 0.278. The van der Waals surface area contributed by atoms with Crippen molar-refractivity contribution in [3.63, 3.8) is 0 Å². The number of methoxy groups -OCH3 is 1. The number of tetrazole rings is 1. The highest BCUT2D eigenvalue weighted by molar-refractivity contribution is 6.30. The summed E-state index contributed by atoms with van der Waals surface area (Å²) in [5.74, 6) is 0.397. The van der Waals surface area contributed by atoms with Crippen molar-refractivity contribution in [3.8, 4) is 16.9 Å². The molecule has 0 spiro atoms. The third-order valence-electron chi connectivity index (χ3n) is 8.50. The molecule has 5 aromatic rings. The molecule has 1 aliphatic rings. The zero-order valence-electron chi connectivity index (χ0n) is 27.1. The van der Waals surface area contributed by atoms with Gasteiger partial charge in [0.2, 0.25) is 5.91 Å². The fourth-order valence-electron chi connectivity index (χ4n) is 6.04. The molecule has 0 aliphatic carbocycles. The Hall–Kier alpha value is -5.49. The zero-order chi connectivity index (χ0) is 34.0. The average molecular weight is 680 g/mol. The number of rotatable bonds is 9. The van der Waals surface area contributed by atoms with E-state index in [4.69, 9.17) is 21.3 Å². The van der Waals surface area contributed by atoms with Gasteiger partial charge in [-0.1, -0.05) is 54.8 Å². The van der Waals surface area contributed by atoms with E-state index in [0.717, 1.165) is 55.5 Å². The lowest BCUT2D eigenvalue weighted by Gasteiger charge is -2.24. The van der Waals surface area contributed by atoms with Crippen LogP contribution in [0.3, 0.4) is 0 Å². The van der Waals surface area contributed by atoms with E-state index in [1.165, 1.54) is 29.8 Å². The first-order valence-corrected chi connectivity index (χ1v) is 16.7. The van der Waals surface area contributed by atoms with Crippen LogP contribution < -0.4 is 16.0 Å². The number of anilines is 2. The number of hydrogen-bond donors (Lipinski definition) is 4. The van der Waals surface area contributed by atoms with E-state index in [0.29, 0.717) is 34.2 Å². The molecule has 49 heavy (non-hydrogen) atoms. The number of carbonyl (C=O) groups excluding carboxylic acids is 2. The van der Waals surface area contributed by atoms with Crippen LogP contribution in [0.4, 0.5) is 16.2 Å². The maximum Gasteiger partial charge on any atom is 0.411 e. The van der Waals surface area contributed by atoms with Gasteiger partial charge in [-0.05, 0) is 90.6 Å². The van der Waals surface area contributed by atoms with Gasteiger partial charge < -0.3 is 20.4 Å². The number of H-pyrrole nitrogens is 1. The molecule has 2 amide bonds.